The molecule has 212 valence electrons. The van der Waals surface area contributed by atoms with Gasteiger partial charge < -0.3 is 30.5 Å². The van der Waals surface area contributed by atoms with Gasteiger partial charge in [-0.2, -0.15) is 0 Å². The van der Waals surface area contributed by atoms with E-state index in [-0.39, 0.29) is 17.7 Å². The number of anilines is 2. The number of hydrogen-bond donors (Lipinski definition) is 2. The second-order valence-electron chi connectivity index (χ2n) is 11.4. The fraction of sp³-hybridized carbons (Fsp3) is 0.500. The molecule has 2 fully saturated rings. The first-order valence-corrected chi connectivity index (χ1v) is 13.7. The number of primary amides is 1. The molecule has 40 heavy (non-hydrogen) atoms. The van der Waals surface area contributed by atoms with Crippen LogP contribution in [0.2, 0.25) is 0 Å². The van der Waals surface area contributed by atoms with E-state index in [1.54, 1.807) is 17.2 Å². The Bertz CT molecular complexity index is 1380. The summed E-state index contributed by atoms with van der Waals surface area (Å²) in [7, 11) is 2.12. The first-order chi connectivity index (χ1) is 19.1. The van der Waals surface area contributed by atoms with Crippen LogP contribution in [0, 0.1) is 0 Å². The van der Waals surface area contributed by atoms with E-state index in [0.717, 1.165) is 50.4 Å². The minimum Gasteiger partial charge on any atom is -0.444 e. The van der Waals surface area contributed by atoms with Crippen LogP contribution in [-0.4, -0.2) is 99.7 Å². The van der Waals surface area contributed by atoms with Crippen LogP contribution in [0.4, 0.5) is 16.4 Å². The smallest absolute Gasteiger partial charge is 0.410 e. The van der Waals surface area contributed by atoms with E-state index >= 15 is 0 Å². The van der Waals surface area contributed by atoms with Gasteiger partial charge in [0.15, 0.2) is 5.82 Å². The summed E-state index contributed by atoms with van der Waals surface area (Å²) in [5.74, 6) is 0.784. The van der Waals surface area contributed by atoms with Gasteiger partial charge >= 0.3 is 6.09 Å². The van der Waals surface area contributed by atoms with Gasteiger partial charge in [0.2, 0.25) is 0 Å². The molecule has 0 spiro atoms. The third kappa shape index (κ3) is 6.22. The number of hydrogen-bond acceptors (Lipinski definition) is 10. The zero-order valence-corrected chi connectivity index (χ0v) is 23.6. The monoisotopic (exact) mass is 547 g/mol. The molecule has 5 heterocycles. The Balaban J connectivity index is 1.42. The van der Waals surface area contributed by atoms with Crippen molar-refractivity contribution < 1.29 is 14.3 Å². The molecule has 0 bridgehead atoms. The number of likely N-dealkylation sites (tertiary alicyclic amines) is 1. The summed E-state index contributed by atoms with van der Waals surface area (Å²) in [6.45, 7) is 10.5. The van der Waals surface area contributed by atoms with Crippen molar-refractivity contribution in [1.82, 2.24) is 29.7 Å². The number of nitrogens with one attached hydrogen (secondary N) is 1. The van der Waals surface area contributed by atoms with Crippen molar-refractivity contribution in [3.05, 3.63) is 36.3 Å². The van der Waals surface area contributed by atoms with Crippen molar-refractivity contribution in [2.45, 2.75) is 45.3 Å². The molecule has 0 saturated carbocycles. The van der Waals surface area contributed by atoms with Crippen molar-refractivity contribution in [2.24, 2.45) is 5.73 Å². The van der Waals surface area contributed by atoms with E-state index in [1.807, 2.05) is 32.9 Å². The molecule has 12 heteroatoms. The van der Waals surface area contributed by atoms with Gasteiger partial charge in [0, 0.05) is 57.1 Å². The number of piperidine rings is 1. The highest BCUT2D eigenvalue weighted by atomic mass is 16.6. The number of likely N-dealkylation sites (N-methyl/N-ethyl adjacent to an activating group) is 1. The van der Waals surface area contributed by atoms with Gasteiger partial charge in [0.1, 0.15) is 28.8 Å². The Labute approximate surface area is 233 Å². The minimum absolute atomic E-state index is 0.0774. The lowest BCUT2D eigenvalue weighted by molar-refractivity contribution is 0.0206. The van der Waals surface area contributed by atoms with Crippen LogP contribution in [-0.2, 0) is 4.74 Å². The number of nitrogens with zero attached hydrogens (tertiary/aromatic N) is 7. The number of carbonyl (C=O) groups excluding carboxylic acids is 2. The quantitative estimate of drug-likeness (QED) is 0.489. The van der Waals surface area contributed by atoms with E-state index in [9.17, 15) is 9.59 Å². The van der Waals surface area contributed by atoms with Gasteiger partial charge in [0.05, 0.1) is 11.3 Å². The van der Waals surface area contributed by atoms with Gasteiger partial charge in [-0.25, -0.2) is 24.7 Å². The summed E-state index contributed by atoms with van der Waals surface area (Å²) >= 11 is 0. The molecule has 3 aromatic heterocycles. The van der Waals surface area contributed by atoms with Crippen molar-refractivity contribution >= 4 is 34.7 Å². The molecule has 2 saturated heterocycles. The summed E-state index contributed by atoms with van der Waals surface area (Å²) in [4.78, 5) is 49.7. The fourth-order valence-corrected chi connectivity index (χ4v) is 5.02. The summed E-state index contributed by atoms with van der Waals surface area (Å²) in [5.41, 5.74) is 7.57. The molecule has 0 radical (unpaired) electrons. The third-order valence-corrected chi connectivity index (χ3v) is 7.14. The fourth-order valence-electron chi connectivity index (χ4n) is 5.02. The number of amides is 2. The number of ether oxygens (including phenoxy) is 1. The number of carbonyl (C=O) groups is 2. The summed E-state index contributed by atoms with van der Waals surface area (Å²) < 4.78 is 5.56. The van der Waals surface area contributed by atoms with Crippen LogP contribution in [0.1, 0.15) is 44.0 Å². The Morgan fingerprint density at radius 1 is 1.05 bits per heavy atom. The van der Waals surface area contributed by atoms with Gasteiger partial charge in [-0.1, -0.05) is 0 Å². The molecule has 5 rings (SSSR count). The maximum atomic E-state index is 12.7. The zero-order chi connectivity index (χ0) is 28.4. The van der Waals surface area contributed by atoms with E-state index < -0.39 is 11.5 Å². The normalized spacial score (nSPS) is 18.6. The van der Waals surface area contributed by atoms with Crippen molar-refractivity contribution in [3.63, 3.8) is 0 Å². The van der Waals surface area contributed by atoms with E-state index in [1.165, 1.54) is 6.33 Å². The first-order valence-electron chi connectivity index (χ1n) is 13.7. The second-order valence-corrected chi connectivity index (χ2v) is 11.4. The molecule has 2 aliphatic heterocycles. The molecule has 0 aromatic carbocycles. The van der Waals surface area contributed by atoms with Crippen LogP contribution in [0.5, 0.6) is 0 Å². The van der Waals surface area contributed by atoms with Crippen molar-refractivity contribution in [1.29, 1.82) is 0 Å². The predicted molar refractivity (Wildman–Crippen MR) is 153 cm³/mol. The molecule has 2 amide bonds. The topological polar surface area (TPSA) is 143 Å². The standard InChI is InChI=1S/C28H37N9O3/c1-28(2,3)40-27(39)37-9-5-6-19(16-37)33-26-24-23(31-17-32-26)20(25(29)38)14-21(34-24)18-7-8-22(30-15-18)36-12-10-35(4)11-13-36/h7-8,14-15,17,19H,5-6,9-13,16H2,1-4H3,(H2,29,38)(H,31,32,33)/t19-/m0/s1. The first kappa shape index (κ1) is 27.5. The highest BCUT2D eigenvalue weighted by Gasteiger charge is 2.28. The Morgan fingerprint density at radius 2 is 1.82 bits per heavy atom. The van der Waals surface area contributed by atoms with E-state index in [2.05, 4.69) is 37.1 Å². The van der Waals surface area contributed by atoms with E-state index in [0.29, 0.717) is 35.6 Å². The van der Waals surface area contributed by atoms with Crippen LogP contribution < -0.4 is 16.0 Å². The van der Waals surface area contributed by atoms with Gasteiger partial charge in [-0.15, -0.1) is 0 Å². The second kappa shape index (κ2) is 11.2. The maximum absolute atomic E-state index is 12.7. The van der Waals surface area contributed by atoms with Crippen LogP contribution in [0.15, 0.2) is 30.7 Å². The molecule has 0 aliphatic carbocycles. The summed E-state index contributed by atoms with van der Waals surface area (Å²) in [6, 6.07) is 5.51. The minimum atomic E-state index is -0.603. The number of aromatic nitrogens is 4. The third-order valence-electron chi connectivity index (χ3n) is 7.14. The maximum Gasteiger partial charge on any atom is 0.410 e. The largest absolute Gasteiger partial charge is 0.444 e. The lowest BCUT2D eigenvalue weighted by atomic mass is 10.1. The molecule has 0 unspecified atom stereocenters. The Morgan fingerprint density at radius 3 is 2.50 bits per heavy atom. The predicted octanol–water partition coefficient (Wildman–Crippen LogP) is 2.75. The van der Waals surface area contributed by atoms with Gasteiger partial charge in [-0.05, 0) is 58.9 Å². The highest BCUT2D eigenvalue weighted by Crippen LogP contribution is 2.28. The SMILES string of the molecule is CN1CCN(c2ccc(-c3cc(C(N)=O)c4ncnc(N[C@H]5CCCN(C(=O)OC(C)(C)C)C5)c4n3)cn2)CC1. The van der Waals surface area contributed by atoms with Gasteiger partial charge in [0.25, 0.3) is 5.91 Å². The lowest BCUT2D eigenvalue weighted by Crippen LogP contribution is -2.47. The van der Waals surface area contributed by atoms with Crippen molar-refractivity contribution in [2.75, 3.05) is 56.5 Å². The Hall–Kier alpha value is -4.06. The van der Waals surface area contributed by atoms with E-state index in [4.69, 9.17) is 15.5 Å². The molecule has 3 aromatic rings. The average Bonchev–Trinajstić information content (AvgIpc) is 2.92. The molecular weight excluding hydrogens is 510 g/mol. The number of fused-ring (bicyclic) bond motifs is 1. The zero-order valence-electron chi connectivity index (χ0n) is 23.6. The lowest BCUT2D eigenvalue weighted by Gasteiger charge is -2.34. The summed E-state index contributed by atoms with van der Waals surface area (Å²) in [6.07, 6.45) is 4.47. The van der Waals surface area contributed by atoms with Crippen LogP contribution in [0.25, 0.3) is 22.3 Å². The molecule has 12 nitrogen and oxygen atoms in total. The van der Waals surface area contributed by atoms with Crippen LogP contribution >= 0.6 is 0 Å². The molecule has 3 N–H and O–H groups in total. The molecule has 2 aliphatic rings. The van der Waals surface area contributed by atoms with Crippen molar-refractivity contribution in [3.8, 4) is 11.3 Å². The molecule has 1 atom stereocenters. The number of piperazine rings is 1. The number of nitrogens with two attached hydrogens (primary N) is 1. The summed E-state index contributed by atoms with van der Waals surface area (Å²) in [5, 5.41) is 3.43. The number of pyridine rings is 2. The van der Waals surface area contributed by atoms with Crippen LogP contribution in [0.3, 0.4) is 0 Å². The number of rotatable bonds is 5. The highest BCUT2D eigenvalue weighted by molar-refractivity contribution is 6.06. The molecular formula is C28H37N9O3. The Kier molecular flexibility index (Phi) is 7.70. The average molecular weight is 548 g/mol. The van der Waals surface area contributed by atoms with Gasteiger partial charge in [-0.3, -0.25) is 4.79 Å².